The maximum absolute atomic E-state index is 12.2. The van der Waals surface area contributed by atoms with Crippen LogP contribution in [0.1, 0.15) is 17.3 Å². The summed E-state index contributed by atoms with van der Waals surface area (Å²) in [6.45, 7) is 1.80. The molecule has 5 heteroatoms. The second-order valence-electron chi connectivity index (χ2n) is 4.13. The van der Waals surface area contributed by atoms with E-state index in [1.54, 1.807) is 26.1 Å². The standard InChI is InChI=1S/C13H17NO3S/c1-9(13(16)17)8-14(2)12(15)10-6-4-5-7-11(10)18-3/h4-7,9H,8H2,1-3H3,(H,16,17). The molecule has 18 heavy (non-hydrogen) atoms. The molecule has 1 rings (SSSR count). The number of thioether (sulfide) groups is 1. The van der Waals surface area contributed by atoms with E-state index in [-0.39, 0.29) is 12.5 Å². The second-order valence-corrected chi connectivity index (χ2v) is 4.97. The number of rotatable bonds is 5. The molecule has 4 nitrogen and oxygen atoms in total. The lowest BCUT2D eigenvalue weighted by molar-refractivity contribution is -0.141. The van der Waals surface area contributed by atoms with Crippen molar-refractivity contribution in [2.24, 2.45) is 5.92 Å². The first-order valence-electron chi connectivity index (χ1n) is 5.58. The number of hydrogen-bond acceptors (Lipinski definition) is 3. The largest absolute Gasteiger partial charge is 0.481 e. The van der Waals surface area contributed by atoms with Gasteiger partial charge < -0.3 is 10.0 Å². The van der Waals surface area contributed by atoms with Gasteiger partial charge in [0.15, 0.2) is 0 Å². The molecule has 1 atom stereocenters. The van der Waals surface area contributed by atoms with Gasteiger partial charge in [0.05, 0.1) is 11.5 Å². The Morgan fingerprint density at radius 1 is 1.39 bits per heavy atom. The van der Waals surface area contributed by atoms with E-state index in [1.165, 1.54) is 16.7 Å². The first-order chi connectivity index (χ1) is 8.47. The first-order valence-corrected chi connectivity index (χ1v) is 6.81. The molecule has 0 aliphatic heterocycles. The molecule has 0 saturated heterocycles. The van der Waals surface area contributed by atoms with Crippen LogP contribution in [0, 0.1) is 5.92 Å². The van der Waals surface area contributed by atoms with Gasteiger partial charge in [0.25, 0.3) is 5.91 Å². The predicted octanol–water partition coefficient (Wildman–Crippen LogP) is 2.20. The van der Waals surface area contributed by atoms with Crippen molar-refractivity contribution in [3.05, 3.63) is 29.8 Å². The van der Waals surface area contributed by atoms with Gasteiger partial charge in [-0.2, -0.15) is 0 Å². The van der Waals surface area contributed by atoms with Gasteiger partial charge in [-0.25, -0.2) is 0 Å². The van der Waals surface area contributed by atoms with Crippen molar-refractivity contribution in [3.63, 3.8) is 0 Å². The number of nitrogens with zero attached hydrogens (tertiary/aromatic N) is 1. The minimum absolute atomic E-state index is 0.145. The molecule has 1 aromatic carbocycles. The zero-order valence-electron chi connectivity index (χ0n) is 10.7. The van der Waals surface area contributed by atoms with Crippen molar-refractivity contribution >= 4 is 23.6 Å². The number of aliphatic carboxylic acids is 1. The lowest BCUT2D eigenvalue weighted by atomic mass is 10.1. The lowest BCUT2D eigenvalue weighted by Crippen LogP contribution is -2.33. The number of carbonyl (C=O) groups excluding carboxylic acids is 1. The Bertz CT molecular complexity index is 448. The molecule has 1 N–H and O–H groups in total. The van der Waals surface area contributed by atoms with E-state index in [2.05, 4.69) is 0 Å². The summed E-state index contributed by atoms with van der Waals surface area (Å²) in [7, 11) is 1.62. The number of carbonyl (C=O) groups is 2. The van der Waals surface area contributed by atoms with Crippen LogP contribution in [0.4, 0.5) is 0 Å². The molecule has 0 saturated carbocycles. The third kappa shape index (κ3) is 3.50. The summed E-state index contributed by atoms with van der Waals surface area (Å²) in [5.74, 6) is -1.61. The van der Waals surface area contributed by atoms with E-state index >= 15 is 0 Å². The Balaban J connectivity index is 2.83. The van der Waals surface area contributed by atoms with E-state index in [4.69, 9.17) is 5.11 Å². The average Bonchev–Trinajstić information content (AvgIpc) is 2.37. The molecule has 0 spiro atoms. The third-order valence-corrected chi connectivity index (χ3v) is 3.45. The van der Waals surface area contributed by atoms with E-state index in [0.29, 0.717) is 5.56 Å². The molecule has 1 unspecified atom stereocenters. The van der Waals surface area contributed by atoms with Crippen LogP contribution in [0.25, 0.3) is 0 Å². The number of benzene rings is 1. The summed E-state index contributed by atoms with van der Waals surface area (Å²) in [5, 5.41) is 8.84. The molecular weight excluding hydrogens is 250 g/mol. The highest BCUT2D eigenvalue weighted by atomic mass is 32.2. The van der Waals surface area contributed by atoms with Crippen molar-refractivity contribution in [2.75, 3.05) is 19.8 Å². The van der Waals surface area contributed by atoms with Crippen LogP contribution < -0.4 is 0 Å². The van der Waals surface area contributed by atoms with Crippen LogP contribution >= 0.6 is 11.8 Å². The second kappa shape index (κ2) is 6.44. The van der Waals surface area contributed by atoms with Gasteiger partial charge in [-0.1, -0.05) is 19.1 Å². The lowest BCUT2D eigenvalue weighted by Gasteiger charge is -2.20. The van der Waals surface area contributed by atoms with E-state index in [0.717, 1.165) is 4.90 Å². The highest BCUT2D eigenvalue weighted by molar-refractivity contribution is 7.98. The number of hydrogen-bond donors (Lipinski definition) is 1. The van der Waals surface area contributed by atoms with Crippen molar-refractivity contribution < 1.29 is 14.7 Å². The predicted molar refractivity (Wildman–Crippen MR) is 72.0 cm³/mol. The van der Waals surface area contributed by atoms with Crippen molar-refractivity contribution in [1.82, 2.24) is 4.90 Å². The summed E-state index contributed by atoms with van der Waals surface area (Å²) in [6.07, 6.45) is 1.91. The molecule has 0 aliphatic rings. The summed E-state index contributed by atoms with van der Waals surface area (Å²) >= 11 is 1.50. The van der Waals surface area contributed by atoms with Crippen molar-refractivity contribution in [1.29, 1.82) is 0 Å². The Morgan fingerprint density at radius 3 is 2.56 bits per heavy atom. The van der Waals surface area contributed by atoms with Gasteiger partial charge in [-0.05, 0) is 18.4 Å². The normalized spacial score (nSPS) is 11.9. The quantitative estimate of drug-likeness (QED) is 0.831. The van der Waals surface area contributed by atoms with Gasteiger partial charge in [0, 0.05) is 18.5 Å². The SMILES string of the molecule is CSc1ccccc1C(=O)N(C)CC(C)C(=O)O. The minimum Gasteiger partial charge on any atom is -0.481 e. The fourth-order valence-corrected chi connectivity index (χ4v) is 2.19. The molecule has 0 radical (unpaired) electrons. The minimum atomic E-state index is -0.896. The first kappa shape index (κ1) is 14.6. The number of amides is 1. The smallest absolute Gasteiger partial charge is 0.308 e. The zero-order valence-corrected chi connectivity index (χ0v) is 11.5. The van der Waals surface area contributed by atoms with Crippen LogP contribution in [0.5, 0.6) is 0 Å². The van der Waals surface area contributed by atoms with E-state index < -0.39 is 11.9 Å². The summed E-state index contributed by atoms with van der Waals surface area (Å²) < 4.78 is 0. The van der Waals surface area contributed by atoms with Gasteiger partial charge >= 0.3 is 5.97 Å². The summed E-state index contributed by atoms with van der Waals surface area (Å²) in [6, 6.07) is 7.33. The molecule has 0 aliphatic carbocycles. The fraction of sp³-hybridized carbons (Fsp3) is 0.385. The van der Waals surface area contributed by atoms with Gasteiger partial charge in [-0.15, -0.1) is 11.8 Å². The highest BCUT2D eigenvalue weighted by Crippen LogP contribution is 2.21. The van der Waals surface area contributed by atoms with Crippen molar-refractivity contribution in [2.45, 2.75) is 11.8 Å². The molecule has 1 amide bonds. The fourth-order valence-electron chi connectivity index (χ4n) is 1.60. The molecule has 0 bridgehead atoms. The maximum atomic E-state index is 12.2. The average molecular weight is 267 g/mol. The van der Waals surface area contributed by atoms with Crippen LogP contribution in [-0.4, -0.2) is 41.7 Å². The van der Waals surface area contributed by atoms with Gasteiger partial charge in [-0.3, -0.25) is 9.59 Å². The Kier molecular flexibility index (Phi) is 5.22. The monoisotopic (exact) mass is 267 g/mol. The van der Waals surface area contributed by atoms with Crippen LogP contribution in [-0.2, 0) is 4.79 Å². The Labute approximate surface area is 111 Å². The molecule has 0 fully saturated rings. The number of carboxylic acids is 1. The summed E-state index contributed by atoms with van der Waals surface area (Å²) in [4.78, 5) is 25.3. The highest BCUT2D eigenvalue weighted by Gasteiger charge is 2.19. The Hall–Kier alpha value is -1.49. The van der Waals surface area contributed by atoms with Crippen LogP contribution in [0.3, 0.4) is 0 Å². The molecule has 0 heterocycles. The van der Waals surface area contributed by atoms with Crippen LogP contribution in [0.15, 0.2) is 29.2 Å². The topological polar surface area (TPSA) is 57.6 Å². The van der Waals surface area contributed by atoms with E-state index in [9.17, 15) is 9.59 Å². The Morgan fingerprint density at radius 2 is 2.00 bits per heavy atom. The third-order valence-electron chi connectivity index (χ3n) is 2.65. The van der Waals surface area contributed by atoms with Crippen LogP contribution in [0.2, 0.25) is 0 Å². The maximum Gasteiger partial charge on any atom is 0.308 e. The van der Waals surface area contributed by atoms with Crippen molar-refractivity contribution in [3.8, 4) is 0 Å². The van der Waals surface area contributed by atoms with Gasteiger partial charge in [0.1, 0.15) is 0 Å². The number of carboxylic acid groups (broad SMARTS) is 1. The molecule has 98 valence electrons. The molecular formula is C13H17NO3S. The molecule has 0 aromatic heterocycles. The van der Waals surface area contributed by atoms with E-state index in [1.807, 2.05) is 18.4 Å². The zero-order chi connectivity index (χ0) is 13.7. The molecule has 1 aromatic rings. The summed E-state index contributed by atoms with van der Waals surface area (Å²) in [5.41, 5.74) is 0.616. The van der Waals surface area contributed by atoms with Gasteiger partial charge in [0.2, 0.25) is 0 Å².